The molecule has 7 nitrogen and oxygen atoms in total. The summed E-state index contributed by atoms with van der Waals surface area (Å²) in [5.74, 6) is 3.18. The van der Waals surface area contributed by atoms with E-state index in [0.29, 0.717) is 22.4 Å². The summed E-state index contributed by atoms with van der Waals surface area (Å²) in [4.78, 5) is 12.1. The van der Waals surface area contributed by atoms with E-state index < -0.39 is 0 Å². The molecule has 0 bridgehead atoms. The number of hydrogen-bond acceptors (Lipinski definition) is 8. The van der Waals surface area contributed by atoms with Crippen molar-refractivity contribution in [3.05, 3.63) is 59.1 Å². The van der Waals surface area contributed by atoms with Gasteiger partial charge in [-0.25, -0.2) is 0 Å². The molecule has 0 fully saturated rings. The first kappa shape index (κ1) is 18.6. The van der Waals surface area contributed by atoms with Gasteiger partial charge < -0.3 is 14.2 Å². The minimum atomic E-state index is -0.294. The number of fused-ring (bicyclic) bond motifs is 1. The predicted molar refractivity (Wildman–Crippen MR) is 108 cm³/mol. The maximum absolute atomic E-state index is 12.1. The summed E-state index contributed by atoms with van der Waals surface area (Å²) < 4.78 is 16.0. The molecule has 3 aromatic rings. The van der Waals surface area contributed by atoms with Gasteiger partial charge in [-0.05, 0) is 17.7 Å². The molecule has 0 radical (unpaired) electrons. The second-order valence-electron chi connectivity index (χ2n) is 5.83. The number of aromatic nitrogens is 2. The molecule has 1 N–H and O–H groups in total. The highest BCUT2D eigenvalue weighted by Gasteiger charge is 2.15. The summed E-state index contributed by atoms with van der Waals surface area (Å²) in [7, 11) is 0. The van der Waals surface area contributed by atoms with Gasteiger partial charge in [0.15, 0.2) is 18.1 Å². The molecule has 1 aliphatic rings. The fraction of sp³-hybridized carbons (Fsp3) is 0.211. The lowest BCUT2D eigenvalue weighted by atomic mass is 10.2. The van der Waals surface area contributed by atoms with Gasteiger partial charge in [-0.15, -0.1) is 22.0 Å². The van der Waals surface area contributed by atoms with Crippen LogP contribution >= 0.6 is 23.1 Å². The molecule has 0 saturated carbocycles. The standard InChI is InChI=1S/C19H17N3O4S2/c23-17(9-24-14-6-7-15-16(8-14)26-12-25-15)20-19-22-21-18(28-19)11-27-10-13-4-2-1-3-5-13/h1-8H,9-12H2,(H,20,22,23). The minimum Gasteiger partial charge on any atom is -0.484 e. The number of carbonyl (C=O) groups is 1. The molecular formula is C19H17N3O4S2. The van der Waals surface area contributed by atoms with Gasteiger partial charge in [0.2, 0.25) is 11.9 Å². The molecule has 0 saturated heterocycles. The molecule has 1 aliphatic heterocycles. The van der Waals surface area contributed by atoms with Gasteiger partial charge in [0.25, 0.3) is 5.91 Å². The number of nitrogens with zero attached hydrogens (tertiary/aromatic N) is 2. The number of anilines is 1. The molecule has 28 heavy (non-hydrogen) atoms. The van der Waals surface area contributed by atoms with Crippen LogP contribution in [0.25, 0.3) is 0 Å². The summed E-state index contributed by atoms with van der Waals surface area (Å²) >= 11 is 3.12. The molecule has 2 heterocycles. The Morgan fingerprint density at radius 3 is 2.86 bits per heavy atom. The average Bonchev–Trinajstić information content (AvgIpc) is 3.36. The van der Waals surface area contributed by atoms with Crippen molar-refractivity contribution in [1.29, 1.82) is 0 Å². The van der Waals surface area contributed by atoms with E-state index in [1.807, 2.05) is 18.2 Å². The van der Waals surface area contributed by atoms with E-state index in [1.165, 1.54) is 16.9 Å². The molecule has 4 rings (SSSR count). The SMILES string of the molecule is O=C(COc1ccc2c(c1)OCO2)Nc1nnc(CSCc2ccccc2)s1. The fourth-order valence-corrected chi connectivity index (χ4v) is 4.26. The maximum Gasteiger partial charge on any atom is 0.264 e. The smallest absolute Gasteiger partial charge is 0.264 e. The lowest BCUT2D eigenvalue weighted by Crippen LogP contribution is -2.20. The van der Waals surface area contributed by atoms with Gasteiger partial charge in [-0.3, -0.25) is 10.1 Å². The van der Waals surface area contributed by atoms with Gasteiger partial charge in [-0.1, -0.05) is 41.7 Å². The Labute approximate surface area is 170 Å². The third kappa shape index (κ3) is 4.93. The molecule has 2 aromatic carbocycles. The topological polar surface area (TPSA) is 82.6 Å². The minimum absolute atomic E-state index is 0.128. The van der Waals surface area contributed by atoms with Crippen molar-refractivity contribution < 1.29 is 19.0 Å². The van der Waals surface area contributed by atoms with Crippen LogP contribution in [0.3, 0.4) is 0 Å². The first-order valence-electron chi connectivity index (χ1n) is 8.52. The lowest BCUT2D eigenvalue weighted by Gasteiger charge is -2.06. The Balaban J connectivity index is 1.21. The third-order valence-electron chi connectivity index (χ3n) is 3.76. The van der Waals surface area contributed by atoms with E-state index in [2.05, 4.69) is 27.6 Å². The van der Waals surface area contributed by atoms with E-state index in [0.717, 1.165) is 16.5 Å². The van der Waals surface area contributed by atoms with Crippen LogP contribution in [0.4, 0.5) is 5.13 Å². The van der Waals surface area contributed by atoms with E-state index in [1.54, 1.807) is 30.0 Å². The number of carbonyl (C=O) groups excluding carboxylic acids is 1. The highest BCUT2D eigenvalue weighted by molar-refractivity contribution is 7.97. The summed E-state index contributed by atoms with van der Waals surface area (Å²) in [5.41, 5.74) is 1.27. The Kier molecular flexibility index (Phi) is 5.93. The molecule has 1 aromatic heterocycles. The third-order valence-corrected chi connectivity index (χ3v) is 5.80. The monoisotopic (exact) mass is 415 g/mol. The fourth-order valence-electron chi connectivity index (χ4n) is 2.46. The van der Waals surface area contributed by atoms with Crippen molar-refractivity contribution in [3.63, 3.8) is 0 Å². The van der Waals surface area contributed by atoms with Gasteiger partial charge in [-0.2, -0.15) is 0 Å². The van der Waals surface area contributed by atoms with Crippen molar-refractivity contribution in [2.24, 2.45) is 0 Å². The molecule has 1 amide bonds. The first-order valence-corrected chi connectivity index (χ1v) is 10.5. The highest BCUT2D eigenvalue weighted by atomic mass is 32.2. The number of thioether (sulfide) groups is 1. The van der Waals surface area contributed by atoms with Gasteiger partial charge >= 0.3 is 0 Å². The van der Waals surface area contributed by atoms with Gasteiger partial charge in [0, 0.05) is 17.6 Å². The Bertz CT molecular complexity index is 949. The lowest BCUT2D eigenvalue weighted by molar-refractivity contribution is -0.118. The molecule has 0 spiro atoms. The zero-order chi connectivity index (χ0) is 19.2. The van der Waals surface area contributed by atoms with Crippen LogP contribution in [0, 0.1) is 0 Å². The van der Waals surface area contributed by atoms with Crippen molar-refractivity contribution in [3.8, 4) is 17.2 Å². The summed E-state index contributed by atoms with van der Waals surface area (Å²) in [5, 5.41) is 12.2. The first-order chi connectivity index (χ1) is 13.8. The number of benzene rings is 2. The average molecular weight is 415 g/mol. The zero-order valence-electron chi connectivity index (χ0n) is 14.8. The summed E-state index contributed by atoms with van der Waals surface area (Å²) in [6.07, 6.45) is 0. The largest absolute Gasteiger partial charge is 0.484 e. The van der Waals surface area contributed by atoms with E-state index in [9.17, 15) is 4.79 Å². The van der Waals surface area contributed by atoms with E-state index >= 15 is 0 Å². The van der Waals surface area contributed by atoms with Crippen LogP contribution in [0.5, 0.6) is 17.2 Å². The van der Waals surface area contributed by atoms with Gasteiger partial charge in [0.05, 0.1) is 0 Å². The van der Waals surface area contributed by atoms with Gasteiger partial charge in [0.1, 0.15) is 10.8 Å². The zero-order valence-corrected chi connectivity index (χ0v) is 16.4. The Hall–Kier alpha value is -2.78. The van der Waals surface area contributed by atoms with Crippen molar-refractivity contribution in [2.75, 3.05) is 18.7 Å². The van der Waals surface area contributed by atoms with Crippen molar-refractivity contribution in [1.82, 2.24) is 10.2 Å². The molecular weight excluding hydrogens is 398 g/mol. The quantitative estimate of drug-likeness (QED) is 0.600. The summed E-state index contributed by atoms with van der Waals surface area (Å²) in [6.45, 7) is 0.0690. The van der Waals surface area contributed by atoms with Crippen LogP contribution in [0.15, 0.2) is 48.5 Å². The van der Waals surface area contributed by atoms with E-state index in [4.69, 9.17) is 14.2 Å². The van der Waals surface area contributed by atoms with Crippen LogP contribution in [-0.4, -0.2) is 29.5 Å². The van der Waals surface area contributed by atoms with Crippen LogP contribution in [0.1, 0.15) is 10.6 Å². The molecule has 144 valence electrons. The molecule has 9 heteroatoms. The number of rotatable bonds is 8. The number of hydrogen-bond donors (Lipinski definition) is 1. The van der Waals surface area contributed by atoms with Crippen molar-refractivity contribution >= 4 is 34.1 Å². The number of nitrogens with one attached hydrogen (secondary N) is 1. The molecule has 0 aliphatic carbocycles. The maximum atomic E-state index is 12.1. The van der Waals surface area contributed by atoms with Crippen molar-refractivity contribution in [2.45, 2.75) is 11.5 Å². The normalized spacial score (nSPS) is 12.0. The Morgan fingerprint density at radius 1 is 1.11 bits per heavy atom. The molecule has 0 atom stereocenters. The predicted octanol–water partition coefficient (Wildman–Crippen LogP) is 3.72. The van der Waals surface area contributed by atoms with Crippen LogP contribution in [0.2, 0.25) is 0 Å². The van der Waals surface area contributed by atoms with Crippen LogP contribution in [-0.2, 0) is 16.3 Å². The van der Waals surface area contributed by atoms with Crippen LogP contribution < -0.4 is 19.5 Å². The second-order valence-corrected chi connectivity index (χ2v) is 7.88. The number of ether oxygens (including phenoxy) is 3. The van der Waals surface area contributed by atoms with E-state index in [-0.39, 0.29) is 19.3 Å². The molecule has 0 unspecified atom stereocenters. The number of amides is 1. The Morgan fingerprint density at radius 2 is 1.96 bits per heavy atom. The second kappa shape index (κ2) is 8.94. The highest BCUT2D eigenvalue weighted by Crippen LogP contribution is 2.35. The summed E-state index contributed by atoms with van der Waals surface area (Å²) in [6, 6.07) is 15.4.